The van der Waals surface area contributed by atoms with Gasteiger partial charge in [0.1, 0.15) is 6.61 Å². The number of thioether (sulfide) groups is 1. The molecule has 0 fully saturated rings. The Labute approximate surface area is 173 Å². The molecule has 0 saturated carbocycles. The molecule has 2 amide bonds. The van der Waals surface area contributed by atoms with E-state index in [-0.39, 0.29) is 30.9 Å². The molecule has 1 unspecified atom stereocenters. The molecule has 0 radical (unpaired) electrons. The molecule has 0 saturated heterocycles. The van der Waals surface area contributed by atoms with Crippen LogP contribution in [0.15, 0.2) is 40.4 Å². The lowest BCUT2D eigenvalue weighted by molar-refractivity contribution is -0.143. The number of carbonyl (C=O) groups is 3. The first kappa shape index (κ1) is 22.1. The van der Waals surface area contributed by atoms with Gasteiger partial charge in [0.25, 0.3) is 0 Å². The summed E-state index contributed by atoms with van der Waals surface area (Å²) >= 11 is 7.47. The van der Waals surface area contributed by atoms with Crippen LogP contribution in [0.4, 0.5) is 4.79 Å². The van der Waals surface area contributed by atoms with E-state index in [0.29, 0.717) is 11.4 Å². The van der Waals surface area contributed by atoms with Crippen molar-refractivity contribution in [2.45, 2.75) is 37.6 Å². The third kappa shape index (κ3) is 6.76. The fraction of sp³-hybridized carbons (Fsp3) is 0.421. The zero-order valence-corrected chi connectivity index (χ0v) is 17.3. The molecule has 7 nitrogen and oxygen atoms in total. The second-order valence-electron chi connectivity index (χ2n) is 6.00. The molecule has 1 aromatic carbocycles. The molecule has 2 rings (SSSR count). The van der Waals surface area contributed by atoms with Crippen LogP contribution in [0.3, 0.4) is 0 Å². The SMILES string of the molecule is CCOC(=O)C1=C(COC(=O)CCCSc2ccc(Cl)cc2)NC(=O)NC1C. The van der Waals surface area contributed by atoms with Crippen LogP contribution in [0.5, 0.6) is 0 Å². The topological polar surface area (TPSA) is 93.7 Å². The van der Waals surface area contributed by atoms with Gasteiger partial charge in [-0.1, -0.05) is 11.6 Å². The average molecular weight is 427 g/mol. The molecule has 1 atom stereocenters. The molecule has 1 aliphatic rings. The van der Waals surface area contributed by atoms with Gasteiger partial charge in [-0.15, -0.1) is 11.8 Å². The molecule has 2 N–H and O–H groups in total. The maximum absolute atomic E-state index is 12.1. The summed E-state index contributed by atoms with van der Waals surface area (Å²) in [5.74, 6) is -0.189. The Hall–Kier alpha value is -2.19. The number of nitrogens with one attached hydrogen (secondary N) is 2. The monoisotopic (exact) mass is 426 g/mol. The number of hydrogen-bond donors (Lipinski definition) is 2. The summed E-state index contributed by atoms with van der Waals surface area (Å²) in [5.41, 5.74) is 0.506. The molecule has 0 aromatic heterocycles. The summed E-state index contributed by atoms with van der Waals surface area (Å²) in [6.07, 6.45) is 0.880. The second-order valence-corrected chi connectivity index (χ2v) is 7.60. The van der Waals surface area contributed by atoms with E-state index in [0.717, 1.165) is 10.6 Å². The molecule has 0 aliphatic carbocycles. The van der Waals surface area contributed by atoms with Crippen LogP contribution in [-0.4, -0.2) is 43.0 Å². The highest BCUT2D eigenvalue weighted by atomic mass is 35.5. The minimum absolute atomic E-state index is 0.185. The number of esters is 2. The number of amides is 2. The number of ether oxygens (including phenoxy) is 2. The summed E-state index contributed by atoms with van der Waals surface area (Å²) < 4.78 is 10.2. The van der Waals surface area contributed by atoms with Gasteiger partial charge in [0.2, 0.25) is 0 Å². The molecule has 0 bridgehead atoms. The summed E-state index contributed by atoms with van der Waals surface area (Å²) in [6, 6.07) is 6.51. The maximum Gasteiger partial charge on any atom is 0.338 e. The van der Waals surface area contributed by atoms with Gasteiger partial charge in [-0.25, -0.2) is 9.59 Å². The van der Waals surface area contributed by atoms with Crippen LogP contribution in [-0.2, 0) is 19.1 Å². The summed E-state index contributed by atoms with van der Waals surface area (Å²) in [7, 11) is 0. The first-order valence-electron chi connectivity index (χ1n) is 8.92. The van der Waals surface area contributed by atoms with Gasteiger partial charge in [-0.2, -0.15) is 0 Å². The molecular weight excluding hydrogens is 404 g/mol. The lowest BCUT2D eigenvalue weighted by atomic mass is 10.0. The molecule has 1 heterocycles. The smallest absolute Gasteiger partial charge is 0.338 e. The Morgan fingerprint density at radius 2 is 1.93 bits per heavy atom. The first-order valence-corrected chi connectivity index (χ1v) is 10.3. The van der Waals surface area contributed by atoms with Crippen LogP contribution in [0.1, 0.15) is 26.7 Å². The molecule has 152 valence electrons. The highest BCUT2D eigenvalue weighted by Gasteiger charge is 2.30. The quantitative estimate of drug-likeness (QED) is 0.357. The Bertz CT molecular complexity index is 751. The van der Waals surface area contributed by atoms with Crippen molar-refractivity contribution < 1.29 is 23.9 Å². The predicted molar refractivity (Wildman–Crippen MR) is 107 cm³/mol. The Balaban J connectivity index is 1.82. The van der Waals surface area contributed by atoms with Crippen molar-refractivity contribution in [2.75, 3.05) is 19.0 Å². The molecular formula is C19H23ClN2O5S. The van der Waals surface area contributed by atoms with Crippen molar-refractivity contribution >= 4 is 41.3 Å². The first-order chi connectivity index (χ1) is 13.4. The van der Waals surface area contributed by atoms with E-state index in [1.54, 1.807) is 25.6 Å². The second kappa shape index (κ2) is 11.0. The van der Waals surface area contributed by atoms with Crippen LogP contribution in [0.2, 0.25) is 5.02 Å². The van der Waals surface area contributed by atoms with Gasteiger partial charge in [-0.05, 0) is 50.3 Å². The number of urea groups is 1. The van der Waals surface area contributed by atoms with Crippen molar-refractivity contribution in [3.05, 3.63) is 40.6 Å². The van der Waals surface area contributed by atoms with Gasteiger partial charge in [-0.3, -0.25) is 4.79 Å². The minimum atomic E-state index is -0.548. The zero-order chi connectivity index (χ0) is 20.5. The van der Waals surface area contributed by atoms with Crippen LogP contribution in [0.25, 0.3) is 0 Å². The van der Waals surface area contributed by atoms with Crippen molar-refractivity contribution in [3.8, 4) is 0 Å². The summed E-state index contributed by atoms with van der Waals surface area (Å²) in [6.45, 7) is 3.39. The van der Waals surface area contributed by atoms with Crippen LogP contribution < -0.4 is 10.6 Å². The normalized spacial score (nSPS) is 16.2. The standard InChI is InChI=1S/C19H23ClN2O5S/c1-3-26-18(24)17-12(2)21-19(25)22-15(17)11-27-16(23)5-4-10-28-14-8-6-13(20)7-9-14/h6-9,12H,3-5,10-11H2,1-2H3,(H2,21,22,25). The van der Waals surface area contributed by atoms with Crippen molar-refractivity contribution in [3.63, 3.8) is 0 Å². The number of carbonyl (C=O) groups excluding carboxylic acids is 3. The molecule has 28 heavy (non-hydrogen) atoms. The lowest BCUT2D eigenvalue weighted by Gasteiger charge is -2.26. The van der Waals surface area contributed by atoms with E-state index >= 15 is 0 Å². The summed E-state index contributed by atoms with van der Waals surface area (Å²) in [5, 5.41) is 5.79. The summed E-state index contributed by atoms with van der Waals surface area (Å²) in [4.78, 5) is 36.8. The van der Waals surface area contributed by atoms with Crippen molar-refractivity contribution in [2.24, 2.45) is 0 Å². The minimum Gasteiger partial charge on any atom is -0.463 e. The van der Waals surface area contributed by atoms with Gasteiger partial charge in [0, 0.05) is 16.3 Å². The largest absolute Gasteiger partial charge is 0.463 e. The van der Waals surface area contributed by atoms with E-state index in [9.17, 15) is 14.4 Å². The van der Waals surface area contributed by atoms with E-state index in [1.165, 1.54) is 0 Å². The molecule has 9 heteroatoms. The Kier molecular flexibility index (Phi) is 8.66. The Morgan fingerprint density at radius 1 is 1.21 bits per heavy atom. The number of halogens is 1. The van der Waals surface area contributed by atoms with Crippen molar-refractivity contribution in [1.82, 2.24) is 10.6 Å². The molecule has 1 aliphatic heterocycles. The van der Waals surface area contributed by atoms with Gasteiger partial charge in [0.15, 0.2) is 0 Å². The van der Waals surface area contributed by atoms with E-state index in [2.05, 4.69) is 10.6 Å². The molecule has 0 spiro atoms. The molecule has 1 aromatic rings. The van der Waals surface area contributed by atoms with E-state index in [4.69, 9.17) is 21.1 Å². The predicted octanol–water partition coefficient (Wildman–Crippen LogP) is 3.27. The van der Waals surface area contributed by atoms with Crippen LogP contribution >= 0.6 is 23.4 Å². The Morgan fingerprint density at radius 3 is 2.61 bits per heavy atom. The van der Waals surface area contributed by atoms with Gasteiger partial charge < -0.3 is 20.1 Å². The number of benzene rings is 1. The van der Waals surface area contributed by atoms with E-state index < -0.39 is 24.0 Å². The third-order valence-electron chi connectivity index (χ3n) is 3.85. The van der Waals surface area contributed by atoms with E-state index in [1.807, 2.05) is 24.3 Å². The van der Waals surface area contributed by atoms with Crippen LogP contribution in [0, 0.1) is 0 Å². The third-order valence-corrected chi connectivity index (χ3v) is 5.20. The zero-order valence-electron chi connectivity index (χ0n) is 15.7. The highest BCUT2D eigenvalue weighted by Crippen LogP contribution is 2.21. The number of hydrogen-bond acceptors (Lipinski definition) is 6. The highest BCUT2D eigenvalue weighted by molar-refractivity contribution is 7.99. The number of rotatable bonds is 9. The lowest BCUT2D eigenvalue weighted by Crippen LogP contribution is -2.50. The van der Waals surface area contributed by atoms with Gasteiger partial charge >= 0.3 is 18.0 Å². The fourth-order valence-corrected chi connectivity index (χ4v) is 3.53. The van der Waals surface area contributed by atoms with Crippen molar-refractivity contribution in [1.29, 1.82) is 0 Å². The fourth-order valence-electron chi connectivity index (χ4n) is 2.56. The van der Waals surface area contributed by atoms with Gasteiger partial charge in [0.05, 0.1) is 23.9 Å². The maximum atomic E-state index is 12.1. The average Bonchev–Trinajstić information content (AvgIpc) is 2.64.